The van der Waals surface area contributed by atoms with E-state index in [4.69, 9.17) is 9.26 Å². The van der Waals surface area contributed by atoms with Gasteiger partial charge < -0.3 is 19.9 Å². The minimum atomic E-state index is -0.0464. The summed E-state index contributed by atoms with van der Waals surface area (Å²) in [5, 5.41) is 10.2. The third kappa shape index (κ3) is 4.39. The maximum absolute atomic E-state index is 12.1. The first-order valence-corrected chi connectivity index (χ1v) is 8.88. The maximum atomic E-state index is 12.1. The molecule has 27 heavy (non-hydrogen) atoms. The molecule has 1 aromatic heterocycles. The van der Waals surface area contributed by atoms with Crippen molar-refractivity contribution in [2.75, 3.05) is 25.1 Å². The Bertz CT molecular complexity index is 887. The monoisotopic (exact) mass is 364 g/mol. The van der Waals surface area contributed by atoms with E-state index in [9.17, 15) is 4.79 Å². The molecule has 0 aliphatic carbocycles. The van der Waals surface area contributed by atoms with Crippen LogP contribution in [0.3, 0.4) is 0 Å². The normalized spacial score (nSPS) is 16.8. The number of ether oxygens (including phenoxy) is 1. The van der Waals surface area contributed by atoms with Gasteiger partial charge in [-0.25, -0.2) is 0 Å². The van der Waals surface area contributed by atoms with Crippen LogP contribution in [0.1, 0.15) is 6.42 Å². The third-order valence-corrected chi connectivity index (χ3v) is 4.30. The molecule has 0 saturated carbocycles. The fourth-order valence-corrected chi connectivity index (χ4v) is 2.93. The number of nitrogens with zero attached hydrogens (tertiary/aromatic N) is 2. The number of nitrogens with one attached hydrogen (secondary N) is 2. The van der Waals surface area contributed by atoms with Crippen molar-refractivity contribution in [3.63, 3.8) is 0 Å². The lowest BCUT2D eigenvalue weighted by molar-refractivity contribution is -0.117. The van der Waals surface area contributed by atoms with E-state index in [-0.39, 0.29) is 11.9 Å². The standard InChI is InChI=1S/C20H20N4O3/c25-18(12-17-13-26-11-10-21-17)22-16-8-6-15(7-9-16)20-23-19(24-27-20)14-4-2-1-3-5-14/h1-9,17,21H,10-13H2,(H,22,25)/t17-/m1/s1. The number of anilines is 1. The Morgan fingerprint density at radius 3 is 2.67 bits per heavy atom. The van der Waals surface area contributed by atoms with Crippen molar-refractivity contribution in [3.05, 3.63) is 54.6 Å². The van der Waals surface area contributed by atoms with E-state index >= 15 is 0 Å². The molecule has 138 valence electrons. The van der Waals surface area contributed by atoms with E-state index in [1.165, 1.54) is 0 Å². The van der Waals surface area contributed by atoms with E-state index in [1.807, 2.05) is 54.6 Å². The number of hydrogen-bond acceptors (Lipinski definition) is 6. The second-order valence-electron chi connectivity index (χ2n) is 6.34. The van der Waals surface area contributed by atoms with Crippen LogP contribution >= 0.6 is 0 Å². The molecule has 1 aliphatic heterocycles. The Morgan fingerprint density at radius 2 is 1.93 bits per heavy atom. The van der Waals surface area contributed by atoms with Gasteiger partial charge in [0.05, 0.1) is 13.2 Å². The van der Waals surface area contributed by atoms with Crippen LogP contribution in [-0.4, -0.2) is 41.8 Å². The molecule has 1 atom stereocenters. The van der Waals surface area contributed by atoms with Gasteiger partial charge in [0.1, 0.15) is 0 Å². The van der Waals surface area contributed by atoms with Crippen molar-refractivity contribution in [1.82, 2.24) is 15.5 Å². The summed E-state index contributed by atoms with van der Waals surface area (Å²) in [5.74, 6) is 0.940. The molecular weight excluding hydrogens is 344 g/mol. The number of rotatable bonds is 5. The highest BCUT2D eigenvalue weighted by atomic mass is 16.5. The molecule has 1 aliphatic rings. The molecule has 2 N–H and O–H groups in total. The first kappa shape index (κ1) is 17.4. The number of hydrogen-bond donors (Lipinski definition) is 2. The lowest BCUT2D eigenvalue weighted by atomic mass is 10.1. The summed E-state index contributed by atoms with van der Waals surface area (Å²) < 4.78 is 10.7. The second-order valence-corrected chi connectivity index (χ2v) is 6.34. The molecule has 7 nitrogen and oxygen atoms in total. The summed E-state index contributed by atoms with van der Waals surface area (Å²) in [6.07, 6.45) is 0.381. The van der Waals surface area contributed by atoms with Crippen molar-refractivity contribution in [2.45, 2.75) is 12.5 Å². The minimum Gasteiger partial charge on any atom is -0.378 e. The molecule has 0 spiro atoms. The summed E-state index contributed by atoms with van der Waals surface area (Å²) in [4.78, 5) is 16.6. The number of benzene rings is 2. The zero-order valence-electron chi connectivity index (χ0n) is 14.7. The van der Waals surface area contributed by atoms with Crippen LogP contribution in [-0.2, 0) is 9.53 Å². The van der Waals surface area contributed by atoms with Gasteiger partial charge in [-0.1, -0.05) is 35.5 Å². The van der Waals surface area contributed by atoms with Crippen molar-refractivity contribution >= 4 is 11.6 Å². The average molecular weight is 364 g/mol. The third-order valence-electron chi connectivity index (χ3n) is 4.30. The molecule has 0 radical (unpaired) electrons. The van der Waals surface area contributed by atoms with E-state index in [2.05, 4.69) is 20.8 Å². The van der Waals surface area contributed by atoms with Gasteiger partial charge in [-0.3, -0.25) is 4.79 Å². The fourth-order valence-electron chi connectivity index (χ4n) is 2.93. The molecule has 7 heteroatoms. The number of carbonyl (C=O) groups is 1. The molecule has 0 bridgehead atoms. The van der Waals surface area contributed by atoms with Gasteiger partial charge in [-0.2, -0.15) is 4.98 Å². The molecule has 1 fully saturated rings. The molecule has 3 aromatic rings. The lowest BCUT2D eigenvalue weighted by Gasteiger charge is -2.23. The molecule has 0 unspecified atom stereocenters. The molecular formula is C20H20N4O3. The van der Waals surface area contributed by atoms with E-state index in [0.717, 1.165) is 23.4 Å². The van der Waals surface area contributed by atoms with Crippen molar-refractivity contribution in [2.24, 2.45) is 0 Å². The fraction of sp³-hybridized carbons (Fsp3) is 0.250. The average Bonchev–Trinajstić information content (AvgIpc) is 3.20. The Kier molecular flexibility index (Phi) is 5.22. The van der Waals surface area contributed by atoms with Crippen LogP contribution in [0.4, 0.5) is 5.69 Å². The Balaban J connectivity index is 1.39. The predicted octanol–water partition coefficient (Wildman–Crippen LogP) is 2.72. The smallest absolute Gasteiger partial charge is 0.258 e. The second kappa shape index (κ2) is 8.11. The van der Waals surface area contributed by atoms with E-state index < -0.39 is 0 Å². The van der Waals surface area contributed by atoms with Crippen LogP contribution in [0.15, 0.2) is 59.1 Å². The van der Waals surface area contributed by atoms with Crippen LogP contribution in [0.25, 0.3) is 22.8 Å². The lowest BCUT2D eigenvalue weighted by Crippen LogP contribution is -2.43. The number of amides is 1. The Hall–Kier alpha value is -3.03. The first-order chi connectivity index (χ1) is 13.3. The minimum absolute atomic E-state index is 0.0464. The highest BCUT2D eigenvalue weighted by Crippen LogP contribution is 2.23. The van der Waals surface area contributed by atoms with Gasteiger partial charge in [-0.15, -0.1) is 0 Å². The quantitative estimate of drug-likeness (QED) is 0.724. The van der Waals surface area contributed by atoms with Crippen molar-refractivity contribution in [3.8, 4) is 22.8 Å². The van der Waals surface area contributed by atoms with Crippen LogP contribution in [0.2, 0.25) is 0 Å². The summed E-state index contributed by atoms with van der Waals surface area (Å²) >= 11 is 0. The summed E-state index contributed by atoms with van der Waals surface area (Å²) in [6, 6.07) is 17.1. The largest absolute Gasteiger partial charge is 0.378 e. The zero-order valence-corrected chi connectivity index (χ0v) is 14.7. The molecule has 2 heterocycles. The molecule has 4 rings (SSSR count). The van der Waals surface area contributed by atoms with Gasteiger partial charge >= 0.3 is 0 Å². The molecule has 1 saturated heterocycles. The SMILES string of the molecule is O=C(C[C@@H]1COCCN1)Nc1ccc(-c2nc(-c3ccccc3)no2)cc1. The van der Waals surface area contributed by atoms with Gasteiger partial charge in [-0.05, 0) is 24.3 Å². The van der Waals surface area contributed by atoms with Crippen LogP contribution < -0.4 is 10.6 Å². The molecule has 2 aromatic carbocycles. The maximum Gasteiger partial charge on any atom is 0.258 e. The van der Waals surface area contributed by atoms with Crippen molar-refractivity contribution in [1.29, 1.82) is 0 Å². The van der Waals surface area contributed by atoms with Crippen LogP contribution in [0.5, 0.6) is 0 Å². The zero-order chi connectivity index (χ0) is 18.5. The highest BCUT2D eigenvalue weighted by Gasteiger charge is 2.17. The Labute approximate surface area is 156 Å². The van der Waals surface area contributed by atoms with Crippen LogP contribution in [0, 0.1) is 0 Å². The number of carbonyl (C=O) groups excluding carboxylic acids is 1. The van der Waals surface area contributed by atoms with E-state index in [1.54, 1.807) is 0 Å². The van der Waals surface area contributed by atoms with Gasteiger partial charge in [0.2, 0.25) is 11.7 Å². The predicted molar refractivity (Wildman–Crippen MR) is 101 cm³/mol. The summed E-state index contributed by atoms with van der Waals surface area (Å²) in [5.41, 5.74) is 2.42. The van der Waals surface area contributed by atoms with Crippen molar-refractivity contribution < 1.29 is 14.1 Å². The summed E-state index contributed by atoms with van der Waals surface area (Å²) in [6.45, 7) is 2.04. The summed E-state index contributed by atoms with van der Waals surface area (Å²) in [7, 11) is 0. The van der Waals surface area contributed by atoms with Gasteiger partial charge in [0.15, 0.2) is 0 Å². The topological polar surface area (TPSA) is 89.3 Å². The number of morpholine rings is 1. The number of aromatic nitrogens is 2. The van der Waals surface area contributed by atoms with E-state index in [0.29, 0.717) is 31.3 Å². The first-order valence-electron chi connectivity index (χ1n) is 8.88. The highest BCUT2D eigenvalue weighted by molar-refractivity contribution is 5.91. The van der Waals surface area contributed by atoms with Gasteiger partial charge in [0, 0.05) is 35.8 Å². The Morgan fingerprint density at radius 1 is 1.11 bits per heavy atom. The molecule has 1 amide bonds. The van der Waals surface area contributed by atoms with Gasteiger partial charge in [0.25, 0.3) is 5.89 Å².